The van der Waals surface area contributed by atoms with E-state index in [0.29, 0.717) is 5.41 Å². The van der Waals surface area contributed by atoms with Crippen molar-refractivity contribution in [2.24, 2.45) is 15.8 Å². The Morgan fingerprint density at radius 2 is 2.18 bits per heavy atom. The Morgan fingerprint density at radius 3 is 2.88 bits per heavy atom. The van der Waals surface area contributed by atoms with Crippen molar-refractivity contribution in [3.8, 4) is 0 Å². The van der Waals surface area contributed by atoms with Crippen LogP contribution in [0.4, 0.5) is 4.39 Å². The predicted molar refractivity (Wildman–Crippen MR) is 69.5 cm³/mol. The van der Waals surface area contributed by atoms with Gasteiger partial charge in [-0.2, -0.15) is 4.39 Å². The summed E-state index contributed by atoms with van der Waals surface area (Å²) in [5, 5.41) is 3.08. The molecule has 0 aromatic carbocycles. The molecule has 1 unspecified atom stereocenters. The van der Waals surface area contributed by atoms with Crippen LogP contribution in [0.1, 0.15) is 39.5 Å². The molecule has 1 aliphatic heterocycles. The van der Waals surface area contributed by atoms with E-state index in [2.05, 4.69) is 30.7 Å². The lowest BCUT2D eigenvalue weighted by Gasteiger charge is -2.44. The highest BCUT2D eigenvalue weighted by Gasteiger charge is 2.40. The smallest absolute Gasteiger partial charge is 0.208 e. The number of hydrogen-bond acceptors (Lipinski definition) is 2. The van der Waals surface area contributed by atoms with Crippen LogP contribution in [0.5, 0.6) is 0 Å². The quantitative estimate of drug-likeness (QED) is 0.683. The number of nitrogens with one attached hydrogen (secondary N) is 1. The summed E-state index contributed by atoms with van der Waals surface area (Å²) in [4.78, 5) is 3.78. The Balaban J connectivity index is 2.30. The molecular formula is C14H21FN2. The summed E-state index contributed by atoms with van der Waals surface area (Å²) in [5.41, 5.74) is 1.20. The molecule has 1 spiro atoms. The molecule has 0 amide bonds. The lowest BCUT2D eigenvalue weighted by molar-refractivity contribution is 0.146. The zero-order chi connectivity index (χ0) is 12.5. The van der Waals surface area contributed by atoms with Crippen LogP contribution in [0.2, 0.25) is 0 Å². The van der Waals surface area contributed by atoms with Crippen LogP contribution in [-0.2, 0) is 0 Å². The molecule has 2 rings (SSSR count). The van der Waals surface area contributed by atoms with E-state index in [4.69, 9.17) is 0 Å². The first-order valence-electron chi connectivity index (χ1n) is 6.27. The minimum absolute atomic E-state index is 0.0497. The van der Waals surface area contributed by atoms with Gasteiger partial charge in [-0.15, -0.1) is 0 Å². The molecule has 0 aromatic heterocycles. The summed E-state index contributed by atoms with van der Waals surface area (Å²) in [6, 6.07) is 0. The van der Waals surface area contributed by atoms with Crippen molar-refractivity contribution in [3.05, 3.63) is 24.6 Å². The third-order valence-corrected chi connectivity index (χ3v) is 3.93. The van der Waals surface area contributed by atoms with Gasteiger partial charge in [0.1, 0.15) is 0 Å². The highest BCUT2D eigenvalue weighted by atomic mass is 19.1. The van der Waals surface area contributed by atoms with Gasteiger partial charge in [0.05, 0.1) is 6.54 Å². The van der Waals surface area contributed by atoms with Crippen molar-refractivity contribution in [2.45, 2.75) is 39.5 Å². The zero-order valence-corrected chi connectivity index (χ0v) is 10.7. The lowest BCUT2D eigenvalue weighted by atomic mass is 9.62. The Labute approximate surface area is 103 Å². The van der Waals surface area contributed by atoms with Gasteiger partial charge in [0.2, 0.25) is 5.97 Å². The molecule has 2 aliphatic rings. The third-order valence-electron chi connectivity index (χ3n) is 3.93. The van der Waals surface area contributed by atoms with Crippen LogP contribution in [0.15, 0.2) is 29.5 Å². The van der Waals surface area contributed by atoms with Gasteiger partial charge in [-0.3, -0.25) is 0 Å². The maximum Gasteiger partial charge on any atom is 0.208 e. The third kappa shape index (κ3) is 2.59. The van der Waals surface area contributed by atoms with Gasteiger partial charge in [-0.25, -0.2) is 4.99 Å². The summed E-state index contributed by atoms with van der Waals surface area (Å²) >= 11 is 0. The summed E-state index contributed by atoms with van der Waals surface area (Å²) in [7, 11) is 0. The summed E-state index contributed by atoms with van der Waals surface area (Å²) < 4.78 is 13.1. The maximum absolute atomic E-state index is 13.1. The molecule has 3 heteroatoms. The fourth-order valence-corrected chi connectivity index (χ4v) is 3.08. The first kappa shape index (κ1) is 12.3. The molecule has 2 nitrogen and oxygen atoms in total. The number of allylic oxidation sites excluding steroid dienone is 1. The second kappa shape index (κ2) is 4.28. The summed E-state index contributed by atoms with van der Waals surface area (Å²) in [6.07, 6.45) is 8.21. The largest absolute Gasteiger partial charge is 0.380 e. The predicted octanol–water partition coefficient (Wildman–Crippen LogP) is 3.57. The minimum atomic E-state index is -0.382. The van der Waals surface area contributed by atoms with Crippen LogP contribution in [-0.4, -0.2) is 12.5 Å². The van der Waals surface area contributed by atoms with Crippen LogP contribution < -0.4 is 5.32 Å². The normalized spacial score (nSPS) is 37.6. The van der Waals surface area contributed by atoms with Gasteiger partial charge >= 0.3 is 0 Å². The Hall–Kier alpha value is -1.12. The number of aliphatic imine (C=N–C) groups is 1. The highest BCUT2D eigenvalue weighted by molar-refractivity contribution is 5.78. The lowest BCUT2D eigenvalue weighted by Crippen LogP contribution is -2.39. The van der Waals surface area contributed by atoms with Crippen LogP contribution in [0, 0.1) is 10.8 Å². The van der Waals surface area contributed by atoms with Crippen molar-refractivity contribution in [1.82, 2.24) is 5.32 Å². The average Bonchev–Trinajstić information content (AvgIpc) is 2.23. The summed E-state index contributed by atoms with van der Waals surface area (Å²) in [6.45, 7) is 8.85. The molecule has 1 saturated carbocycles. The Morgan fingerprint density at radius 1 is 1.41 bits per heavy atom. The van der Waals surface area contributed by atoms with E-state index >= 15 is 0 Å². The van der Waals surface area contributed by atoms with E-state index in [1.807, 2.05) is 6.08 Å². The summed E-state index contributed by atoms with van der Waals surface area (Å²) in [5.74, 6) is -0.382. The number of rotatable bonds is 0. The SMILES string of the molecule is C=C1NC/C(F)=N\C=C/C12CCCC(C)(C)C2. The van der Waals surface area contributed by atoms with Crippen LogP contribution >= 0.6 is 0 Å². The van der Waals surface area contributed by atoms with E-state index in [9.17, 15) is 4.39 Å². The first-order valence-corrected chi connectivity index (χ1v) is 6.27. The molecule has 1 aliphatic carbocycles. The molecule has 1 fully saturated rings. The fourth-order valence-electron chi connectivity index (χ4n) is 3.08. The second-order valence-electron chi connectivity index (χ2n) is 6.00. The molecule has 94 valence electrons. The van der Waals surface area contributed by atoms with Crippen molar-refractivity contribution >= 4 is 5.97 Å². The van der Waals surface area contributed by atoms with Gasteiger partial charge in [-0.1, -0.05) is 32.9 Å². The van der Waals surface area contributed by atoms with E-state index in [0.717, 1.165) is 18.5 Å². The monoisotopic (exact) mass is 236 g/mol. The van der Waals surface area contributed by atoms with Crippen LogP contribution in [0.3, 0.4) is 0 Å². The zero-order valence-electron chi connectivity index (χ0n) is 10.7. The van der Waals surface area contributed by atoms with Gasteiger partial charge in [0.15, 0.2) is 0 Å². The molecule has 0 radical (unpaired) electrons. The molecule has 1 atom stereocenters. The van der Waals surface area contributed by atoms with Gasteiger partial charge in [0.25, 0.3) is 0 Å². The molecule has 0 saturated heterocycles. The van der Waals surface area contributed by atoms with E-state index in [1.54, 1.807) is 6.20 Å². The van der Waals surface area contributed by atoms with Crippen LogP contribution in [0.25, 0.3) is 0 Å². The van der Waals surface area contributed by atoms with E-state index in [-0.39, 0.29) is 17.9 Å². The molecule has 1 N–H and O–H groups in total. The van der Waals surface area contributed by atoms with E-state index in [1.165, 1.54) is 12.8 Å². The highest BCUT2D eigenvalue weighted by Crippen LogP contribution is 2.50. The molecule has 17 heavy (non-hydrogen) atoms. The Kier molecular flexibility index (Phi) is 3.11. The van der Waals surface area contributed by atoms with Gasteiger partial charge in [0, 0.05) is 17.3 Å². The minimum Gasteiger partial charge on any atom is -0.380 e. The first-order chi connectivity index (χ1) is 7.94. The Bertz CT molecular complexity index is 382. The van der Waals surface area contributed by atoms with Crippen molar-refractivity contribution < 1.29 is 4.39 Å². The number of halogens is 1. The molecular weight excluding hydrogens is 215 g/mol. The van der Waals surface area contributed by atoms with Crippen molar-refractivity contribution in [1.29, 1.82) is 0 Å². The second-order valence-corrected chi connectivity index (χ2v) is 6.00. The standard InChI is InChI=1S/C14H21FN2/c1-11-14(6-4-5-13(2,3)10-14)7-8-16-12(15)9-17-11/h7-8,17H,1,4-6,9-10H2,2-3H3/b8-7-,16-12+. The van der Waals surface area contributed by atoms with Crippen molar-refractivity contribution in [3.63, 3.8) is 0 Å². The molecule has 0 aromatic rings. The molecule has 1 heterocycles. The number of hydrogen-bond donors (Lipinski definition) is 1. The topological polar surface area (TPSA) is 24.4 Å². The fraction of sp³-hybridized carbons (Fsp3) is 0.643. The maximum atomic E-state index is 13.1. The van der Waals surface area contributed by atoms with Crippen molar-refractivity contribution in [2.75, 3.05) is 6.54 Å². The van der Waals surface area contributed by atoms with Gasteiger partial charge in [-0.05, 0) is 24.7 Å². The average molecular weight is 236 g/mol. The number of nitrogens with zero attached hydrogens (tertiary/aromatic N) is 1. The van der Waals surface area contributed by atoms with E-state index < -0.39 is 0 Å². The molecule has 0 bridgehead atoms. The van der Waals surface area contributed by atoms with Gasteiger partial charge < -0.3 is 5.32 Å².